The molecule has 1 aromatic rings. The molecule has 0 saturated carbocycles. The maximum atomic E-state index is 11.8. The number of carbonyl (C=O) groups excluding carboxylic acids is 2. The van der Waals surface area contributed by atoms with Crippen LogP contribution in [0.15, 0.2) is 29.2 Å². The second kappa shape index (κ2) is 7.15. The van der Waals surface area contributed by atoms with Crippen molar-refractivity contribution in [3.8, 4) is 0 Å². The number of rotatable bonds is 4. The van der Waals surface area contributed by atoms with Crippen LogP contribution in [-0.4, -0.2) is 37.5 Å². The molecule has 1 fully saturated rings. The van der Waals surface area contributed by atoms with Crippen LogP contribution in [0, 0.1) is 12.8 Å². The van der Waals surface area contributed by atoms with E-state index < -0.39 is 21.7 Å². The monoisotopic (exact) mass is 342 g/mol. The van der Waals surface area contributed by atoms with E-state index in [-0.39, 0.29) is 23.2 Å². The molecule has 1 heterocycles. The second-order valence-electron chi connectivity index (χ2n) is 5.24. The fraction of sp³-hybridized carbons (Fsp3) is 0.429. The van der Waals surface area contributed by atoms with E-state index in [1.807, 2.05) is 31.2 Å². The number of thioether (sulfide) groups is 1. The van der Waals surface area contributed by atoms with E-state index in [4.69, 9.17) is 0 Å². The van der Waals surface area contributed by atoms with Crippen LogP contribution in [0.25, 0.3) is 0 Å². The highest BCUT2D eigenvalue weighted by Crippen LogP contribution is 2.19. The lowest BCUT2D eigenvalue weighted by molar-refractivity contribution is -0.129. The Bertz CT molecular complexity index is 656. The van der Waals surface area contributed by atoms with E-state index in [1.165, 1.54) is 11.8 Å². The molecule has 8 heteroatoms. The molecule has 1 saturated heterocycles. The smallest absolute Gasteiger partial charge is 0.248 e. The number of sulfone groups is 1. The Morgan fingerprint density at radius 2 is 1.91 bits per heavy atom. The lowest BCUT2D eigenvalue weighted by atomic mass is 10.1. The van der Waals surface area contributed by atoms with Gasteiger partial charge in [-0.3, -0.25) is 20.4 Å². The molecule has 0 spiro atoms. The van der Waals surface area contributed by atoms with E-state index in [0.29, 0.717) is 6.42 Å². The zero-order valence-corrected chi connectivity index (χ0v) is 13.8. The zero-order chi connectivity index (χ0) is 16.2. The first kappa shape index (κ1) is 16.8. The maximum absolute atomic E-state index is 11.8. The van der Waals surface area contributed by atoms with Gasteiger partial charge in [0.25, 0.3) is 0 Å². The fourth-order valence-electron chi connectivity index (χ4n) is 2.05. The molecule has 0 radical (unpaired) electrons. The molecule has 2 amide bonds. The second-order valence-corrected chi connectivity index (χ2v) is 8.52. The molecule has 22 heavy (non-hydrogen) atoms. The Labute approximate surface area is 133 Å². The predicted molar refractivity (Wildman–Crippen MR) is 84.9 cm³/mol. The number of hydrogen-bond donors (Lipinski definition) is 2. The summed E-state index contributed by atoms with van der Waals surface area (Å²) < 4.78 is 22.6. The van der Waals surface area contributed by atoms with E-state index in [1.54, 1.807) is 0 Å². The van der Waals surface area contributed by atoms with Gasteiger partial charge >= 0.3 is 0 Å². The van der Waals surface area contributed by atoms with Gasteiger partial charge in [0.2, 0.25) is 11.8 Å². The quantitative estimate of drug-likeness (QED) is 0.620. The molecule has 1 aliphatic rings. The Kier molecular flexibility index (Phi) is 5.47. The molecule has 0 bridgehead atoms. The van der Waals surface area contributed by atoms with Gasteiger partial charge in [-0.1, -0.05) is 17.7 Å². The van der Waals surface area contributed by atoms with Crippen molar-refractivity contribution >= 4 is 33.4 Å². The van der Waals surface area contributed by atoms with Gasteiger partial charge < -0.3 is 0 Å². The average Bonchev–Trinajstić information content (AvgIpc) is 2.84. The van der Waals surface area contributed by atoms with Crippen molar-refractivity contribution in [1.29, 1.82) is 0 Å². The van der Waals surface area contributed by atoms with Crippen LogP contribution in [0.4, 0.5) is 0 Å². The number of nitrogens with one attached hydrogen (secondary N) is 2. The number of hydrogen-bond acceptors (Lipinski definition) is 5. The first-order chi connectivity index (χ1) is 10.4. The lowest BCUT2D eigenvalue weighted by Crippen LogP contribution is -2.45. The SMILES string of the molecule is Cc1ccc(SCC(=O)NNC(=O)[C@H]2CCS(=O)(=O)C2)cc1. The van der Waals surface area contributed by atoms with Gasteiger partial charge in [0.15, 0.2) is 9.84 Å². The summed E-state index contributed by atoms with van der Waals surface area (Å²) in [6.45, 7) is 1.99. The van der Waals surface area contributed by atoms with Crippen molar-refractivity contribution in [2.24, 2.45) is 5.92 Å². The summed E-state index contributed by atoms with van der Waals surface area (Å²) >= 11 is 1.36. The van der Waals surface area contributed by atoms with Gasteiger partial charge in [0, 0.05) is 4.90 Å². The van der Waals surface area contributed by atoms with Crippen molar-refractivity contribution < 1.29 is 18.0 Å². The van der Waals surface area contributed by atoms with Gasteiger partial charge in [-0.2, -0.15) is 0 Å². The maximum Gasteiger partial charge on any atom is 0.248 e. The van der Waals surface area contributed by atoms with E-state index in [2.05, 4.69) is 10.9 Å². The van der Waals surface area contributed by atoms with E-state index >= 15 is 0 Å². The highest BCUT2D eigenvalue weighted by Gasteiger charge is 2.33. The number of benzene rings is 1. The molecule has 120 valence electrons. The molecule has 6 nitrogen and oxygen atoms in total. The molecule has 1 atom stereocenters. The number of amides is 2. The molecule has 1 aliphatic heterocycles. The third kappa shape index (κ3) is 5.03. The van der Waals surface area contributed by atoms with Gasteiger partial charge in [-0.25, -0.2) is 8.42 Å². The molecule has 0 aliphatic carbocycles. The lowest BCUT2D eigenvalue weighted by Gasteiger charge is -2.10. The van der Waals surface area contributed by atoms with Crippen molar-refractivity contribution in [2.45, 2.75) is 18.2 Å². The van der Waals surface area contributed by atoms with Crippen LogP contribution >= 0.6 is 11.8 Å². The third-order valence-electron chi connectivity index (χ3n) is 3.32. The summed E-state index contributed by atoms with van der Waals surface area (Å²) in [6.07, 6.45) is 0.308. The molecule has 1 aromatic carbocycles. The topological polar surface area (TPSA) is 92.3 Å². The molecular weight excluding hydrogens is 324 g/mol. The summed E-state index contributed by atoms with van der Waals surface area (Å²) in [5, 5.41) is 0. The molecule has 0 aromatic heterocycles. The van der Waals surface area contributed by atoms with Gasteiger partial charge in [0.1, 0.15) is 0 Å². The minimum absolute atomic E-state index is 0.0301. The number of hydrazine groups is 1. The summed E-state index contributed by atoms with van der Waals surface area (Å²) in [6, 6.07) is 7.77. The van der Waals surface area contributed by atoms with Crippen molar-refractivity contribution in [3.05, 3.63) is 29.8 Å². The fourth-order valence-corrected chi connectivity index (χ4v) is 4.49. The third-order valence-corrected chi connectivity index (χ3v) is 6.10. The van der Waals surface area contributed by atoms with Crippen LogP contribution in [0.5, 0.6) is 0 Å². The highest BCUT2D eigenvalue weighted by molar-refractivity contribution is 8.00. The first-order valence-corrected chi connectivity index (χ1v) is 9.65. The first-order valence-electron chi connectivity index (χ1n) is 6.84. The van der Waals surface area contributed by atoms with Gasteiger partial charge in [-0.05, 0) is 25.5 Å². The van der Waals surface area contributed by atoms with E-state index in [9.17, 15) is 18.0 Å². The molecule has 0 unspecified atom stereocenters. The van der Waals surface area contributed by atoms with Crippen molar-refractivity contribution in [2.75, 3.05) is 17.3 Å². The average molecular weight is 342 g/mol. The van der Waals surface area contributed by atoms with Crippen LogP contribution in [-0.2, 0) is 19.4 Å². The van der Waals surface area contributed by atoms with Gasteiger partial charge in [0.05, 0.1) is 23.2 Å². The molecule has 2 N–H and O–H groups in total. The molecular formula is C14H18N2O4S2. The standard InChI is InChI=1S/C14H18N2O4S2/c1-10-2-4-12(5-3-10)21-8-13(17)15-16-14(18)11-6-7-22(19,20)9-11/h2-5,11H,6-9H2,1H3,(H,15,17)(H,16,18)/t11-/m0/s1. The summed E-state index contributed by atoms with van der Waals surface area (Å²) in [5.74, 6) is -1.30. The van der Waals surface area contributed by atoms with Crippen LogP contribution in [0.3, 0.4) is 0 Å². The molecule has 2 rings (SSSR count). The summed E-state index contributed by atoms with van der Waals surface area (Å²) in [7, 11) is -3.11. The van der Waals surface area contributed by atoms with Crippen LogP contribution in [0.1, 0.15) is 12.0 Å². The van der Waals surface area contributed by atoms with E-state index in [0.717, 1.165) is 10.5 Å². The van der Waals surface area contributed by atoms with Crippen molar-refractivity contribution in [1.82, 2.24) is 10.9 Å². The highest BCUT2D eigenvalue weighted by atomic mass is 32.2. The number of carbonyl (C=O) groups is 2. The predicted octanol–water partition coefficient (Wildman–Crippen LogP) is 0.669. The van der Waals surface area contributed by atoms with Crippen molar-refractivity contribution in [3.63, 3.8) is 0 Å². The van der Waals surface area contributed by atoms with Crippen LogP contribution < -0.4 is 10.9 Å². The minimum atomic E-state index is -3.11. The zero-order valence-electron chi connectivity index (χ0n) is 12.2. The Balaban J connectivity index is 1.71. The minimum Gasteiger partial charge on any atom is -0.273 e. The Morgan fingerprint density at radius 1 is 1.23 bits per heavy atom. The largest absolute Gasteiger partial charge is 0.273 e. The summed E-state index contributed by atoms with van der Waals surface area (Å²) in [4.78, 5) is 24.4. The van der Waals surface area contributed by atoms with Gasteiger partial charge in [-0.15, -0.1) is 11.8 Å². The Morgan fingerprint density at radius 3 is 2.50 bits per heavy atom. The Hall–Kier alpha value is -1.54. The summed E-state index contributed by atoms with van der Waals surface area (Å²) in [5.41, 5.74) is 5.75. The van der Waals surface area contributed by atoms with Crippen LogP contribution in [0.2, 0.25) is 0 Å². The normalized spacial score (nSPS) is 19.6. The number of aryl methyl sites for hydroxylation is 1.